The number of phenols is 1. The Hall–Kier alpha value is -3.09. The fourth-order valence-corrected chi connectivity index (χ4v) is 3.61. The summed E-state index contributed by atoms with van der Waals surface area (Å²) in [7, 11) is 1.62. The van der Waals surface area contributed by atoms with Gasteiger partial charge in [-0.1, -0.05) is 30.4 Å². The Balaban J connectivity index is 1.57. The van der Waals surface area contributed by atoms with Crippen molar-refractivity contribution in [1.29, 1.82) is 0 Å². The summed E-state index contributed by atoms with van der Waals surface area (Å²) in [5.74, 6) is 1.44. The van der Waals surface area contributed by atoms with Gasteiger partial charge >= 0.3 is 0 Å². The summed E-state index contributed by atoms with van der Waals surface area (Å²) in [6.45, 7) is 3.71. The molecule has 2 heterocycles. The van der Waals surface area contributed by atoms with E-state index in [0.29, 0.717) is 36.6 Å². The van der Waals surface area contributed by atoms with Crippen LogP contribution in [0.25, 0.3) is 6.08 Å². The van der Waals surface area contributed by atoms with Crippen molar-refractivity contribution < 1.29 is 29.0 Å². The third-order valence-electron chi connectivity index (χ3n) is 5.21. The number of carbonyl (C=O) groups excluding carboxylic acids is 1. The Morgan fingerprint density at radius 3 is 2.76 bits per heavy atom. The van der Waals surface area contributed by atoms with E-state index in [1.165, 1.54) is 4.90 Å². The molecule has 6 nitrogen and oxygen atoms in total. The second kappa shape index (κ2) is 8.51. The monoisotopic (exact) mass is 394 g/mol. The number of morpholine rings is 1. The summed E-state index contributed by atoms with van der Waals surface area (Å²) < 4.78 is 16.6. The Morgan fingerprint density at radius 2 is 1.97 bits per heavy atom. The van der Waals surface area contributed by atoms with Crippen LogP contribution in [0.1, 0.15) is 21.5 Å². The van der Waals surface area contributed by atoms with Crippen molar-refractivity contribution in [3.05, 3.63) is 71.0 Å². The van der Waals surface area contributed by atoms with Crippen LogP contribution in [0.15, 0.2) is 54.3 Å². The summed E-state index contributed by atoms with van der Waals surface area (Å²) in [4.78, 5) is 14.1. The maximum absolute atomic E-state index is 12.8. The summed E-state index contributed by atoms with van der Waals surface area (Å²) in [6, 6.07) is 10.8. The molecule has 0 unspecified atom stereocenters. The van der Waals surface area contributed by atoms with Gasteiger partial charge in [0.15, 0.2) is 11.5 Å². The van der Waals surface area contributed by atoms with Crippen molar-refractivity contribution >= 4 is 11.9 Å². The Morgan fingerprint density at radius 1 is 1.17 bits per heavy atom. The molecule has 0 spiro atoms. The third-order valence-corrected chi connectivity index (χ3v) is 5.21. The minimum absolute atomic E-state index is 0.154. The van der Waals surface area contributed by atoms with Gasteiger partial charge in [-0.2, -0.15) is 0 Å². The third kappa shape index (κ3) is 4.04. The SMILES string of the molecule is COc1ccccc1/C=C\C=C1\Oc2c(ccc(O)c2C[NH+]2CCOCC2)C1=O. The fourth-order valence-electron chi connectivity index (χ4n) is 3.61. The molecule has 0 atom stereocenters. The molecule has 0 amide bonds. The van der Waals surface area contributed by atoms with Crippen molar-refractivity contribution in [3.63, 3.8) is 0 Å². The Bertz CT molecular complexity index is 973. The van der Waals surface area contributed by atoms with E-state index in [2.05, 4.69) is 0 Å². The topological polar surface area (TPSA) is 69.4 Å². The van der Waals surface area contributed by atoms with Crippen LogP contribution in [0.5, 0.6) is 17.2 Å². The number of carbonyl (C=O) groups is 1. The molecular weight excluding hydrogens is 370 g/mol. The van der Waals surface area contributed by atoms with Crippen molar-refractivity contribution in [1.82, 2.24) is 0 Å². The lowest BCUT2D eigenvalue weighted by Gasteiger charge is -2.24. The van der Waals surface area contributed by atoms with E-state index < -0.39 is 0 Å². The van der Waals surface area contributed by atoms with Crippen molar-refractivity contribution in [2.24, 2.45) is 0 Å². The number of quaternary nitrogens is 1. The van der Waals surface area contributed by atoms with Gasteiger partial charge in [0.1, 0.15) is 31.1 Å². The number of hydrogen-bond acceptors (Lipinski definition) is 5. The Labute approximate surface area is 169 Å². The van der Waals surface area contributed by atoms with Gasteiger partial charge in [0.25, 0.3) is 0 Å². The van der Waals surface area contributed by atoms with Crippen LogP contribution in [0, 0.1) is 0 Å². The average Bonchev–Trinajstić information content (AvgIpc) is 3.07. The van der Waals surface area contributed by atoms with Gasteiger partial charge in [0.05, 0.1) is 31.5 Å². The van der Waals surface area contributed by atoms with Crippen LogP contribution < -0.4 is 14.4 Å². The smallest absolute Gasteiger partial charge is 0.231 e. The first-order valence-electron chi connectivity index (χ1n) is 9.67. The van der Waals surface area contributed by atoms with Crippen LogP contribution in [0.3, 0.4) is 0 Å². The minimum atomic E-state index is -0.178. The highest BCUT2D eigenvalue weighted by Crippen LogP contribution is 2.38. The molecule has 2 aromatic rings. The van der Waals surface area contributed by atoms with Gasteiger partial charge in [-0.15, -0.1) is 0 Å². The second-order valence-corrected chi connectivity index (χ2v) is 7.04. The summed E-state index contributed by atoms with van der Waals surface area (Å²) in [5, 5.41) is 10.4. The van der Waals surface area contributed by atoms with Gasteiger partial charge in [-0.25, -0.2) is 0 Å². The molecule has 150 valence electrons. The van der Waals surface area contributed by atoms with Crippen LogP contribution in [-0.4, -0.2) is 44.3 Å². The van der Waals surface area contributed by atoms with E-state index in [4.69, 9.17) is 14.2 Å². The molecule has 2 aliphatic rings. The number of phenolic OH excluding ortho intramolecular Hbond substituents is 1. The normalized spacial score (nSPS) is 18.2. The molecule has 0 bridgehead atoms. The molecule has 6 heteroatoms. The van der Waals surface area contributed by atoms with E-state index in [9.17, 15) is 9.90 Å². The molecule has 4 rings (SSSR count). The number of para-hydroxylation sites is 1. The molecule has 2 aromatic carbocycles. The highest BCUT2D eigenvalue weighted by molar-refractivity contribution is 6.12. The molecule has 0 saturated carbocycles. The van der Waals surface area contributed by atoms with E-state index in [1.807, 2.05) is 30.3 Å². The number of hydrogen-bond donors (Lipinski definition) is 2. The molecule has 2 N–H and O–H groups in total. The summed E-state index contributed by atoms with van der Waals surface area (Å²) in [6.07, 6.45) is 5.28. The number of ether oxygens (including phenoxy) is 3. The van der Waals surface area contributed by atoms with Crippen LogP contribution in [-0.2, 0) is 11.3 Å². The maximum Gasteiger partial charge on any atom is 0.231 e. The van der Waals surface area contributed by atoms with Gasteiger partial charge in [0, 0.05) is 5.56 Å². The summed E-state index contributed by atoms with van der Waals surface area (Å²) in [5.41, 5.74) is 2.07. The Kier molecular flexibility index (Phi) is 5.64. The molecule has 29 heavy (non-hydrogen) atoms. The standard InChI is InChI=1S/C23H23NO5/c1-27-20-7-3-2-5-16(20)6-4-8-21-22(26)17-9-10-19(25)18(23(17)29-21)15-24-11-13-28-14-12-24/h2-10,25H,11-15H2,1H3/p+1/b6-4-,21-8+. The lowest BCUT2D eigenvalue weighted by atomic mass is 10.0. The zero-order chi connectivity index (χ0) is 20.2. The van der Waals surface area contributed by atoms with Gasteiger partial charge in [-0.05, 0) is 24.3 Å². The highest BCUT2D eigenvalue weighted by atomic mass is 16.5. The highest BCUT2D eigenvalue weighted by Gasteiger charge is 2.32. The average molecular weight is 394 g/mol. The first kappa shape index (κ1) is 19.2. The number of rotatable bonds is 5. The van der Waals surface area contributed by atoms with E-state index in [0.717, 1.165) is 24.4 Å². The molecule has 0 aliphatic carbocycles. The number of fused-ring (bicyclic) bond motifs is 1. The molecule has 1 saturated heterocycles. The number of allylic oxidation sites excluding steroid dienone is 3. The first-order valence-corrected chi connectivity index (χ1v) is 9.67. The number of ketones is 1. The molecular formula is C23H24NO5+. The van der Waals surface area contributed by atoms with Crippen LogP contribution in [0.2, 0.25) is 0 Å². The molecule has 2 aliphatic heterocycles. The van der Waals surface area contributed by atoms with Crippen molar-refractivity contribution in [2.45, 2.75) is 6.54 Å². The zero-order valence-corrected chi connectivity index (χ0v) is 16.3. The summed E-state index contributed by atoms with van der Waals surface area (Å²) >= 11 is 0. The number of benzene rings is 2. The van der Waals surface area contributed by atoms with Crippen molar-refractivity contribution in [2.75, 3.05) is 33.4 Å². The number of aromatic hydroxyl groups is 1. The molecule has 0 aromatic heterocycles. The first-order chi connectivity index (χ1) is 14.2. The number of Topliss-reactive ketones (excluding diaryl/α,β-unsaturated/α-hetero) is 1. The van der Waals surface area contributed by atoms with Crippen molar-refractivity contribution in [3.8, 4) is 17.2 Å². The van der Waals surface area contributed by atoms with Gasteiger partial charge in [0.2, 0.25) is 5.78 Å². The number of methoxy groups -OCH3 is 1. The zero-order valence-electron chi connectivity index (χ0n) is 16.3. The number of nitrogens with one attached hydrogen (secondary N) is 1. The quantitative estimate of drug-likeness (QED) is 0.759. The predicted octanol–water partition coefficient (Wildman–Crippen LogP) is 1.99. The van der Waals surface area contributed by atoms with Crippen LogP contribution in [0.4, 0.5) is 0 Å². The van der Waals surface area contributed by atoms with Gasteiger partial charge < -0.3 is 24.2 Å². The van der Waals surface area contributed by atoms with E-state index >= 15 is 0 Å². The molecule has 1 fully saturated rings. The maximum atomic E-state index is 12.8. The minimum Gasteiger partial charge on any atom is -0.507 e. The lowest BCUT2D eigenvalue weighted by molar-refractivity contribution is -0.921. The van der Waals surface area contributed by atoms with Gasteiger partial charge in [-0.3, -0.25) is 4.79 Å². The van der Waals surface area contributed by atoms with E-state index in [1.54, 1.807) is 31.4 Å². The lowest BCUT2D eigenvalue weighted by Crippen LogP contribution is -3.12. The second-order valence-electron chi connectivity index (χ2n) is 7.04. The molecule has 0 radical (unpaired) electrons. The fraction of sp³-hybridized carbons (Fsp3) is 0.261. The van der Waals surface area contributed by atoms with Crippen LogP contribution >= 0.6 is 0 Å². The predicted molar refractivity (Wildman–Crippen MR) is 108 cm³/mol. The largest absolute Gasteiger partial charge is 0.507 e. The van der Waals surface area contributed by atoms with E-state index in [-0.39, 0.29) is 17.3 Å².